The molecule has 0 fully saturated rings. The van der Waals surface area contributed by atoms with E-state index in [-0.39, 0.29) is 12.6 Å². The fraction of sp³-hybridized carbons (Fsp3) is 0.538. The van der Waals surface area contributed by atoms with Crippen LogP contribution in [-0.2, 0) is 12.8 Å². The largest absolute Gasteiger partial charge is 0.250 e. The van der Waals surface area contributed by atoms with E-state index in [1.807, 2.05) is 6.92 Å². The molecule has 1 atom stereocenters. The van der Waals surface area contributed by atoms with E-state index in [0.29, 0.717) is 0 Å². The Morgan fingerprint density at radius 3 is 2.29 bits per heavy atom. The highest BCUT2D eigenvalue weighted by atomic mass is 19.1. The van der Waals surface area contributed by atoms with Gasteiger partial charge in [0.1, 0.15) is 0 Å². The molecule has 0 bridgehead atoms. The molecule has 0 N–H and O–H groups in total. The summed E-state index contributed by atoms with van der Waals surface area (Å²) in [5.74, 6) is 0.0335. The van der Waals surface area contributed by atoms with Gasteiger partial charge in [0, 0.05) is 5.92 Å². The van der Waals surface area contributed by atoms with Crippen LogP contribution in [0.3, 0.4) is 0 Å². The third-order valence-corrected chi connectivity index (χ3v) is 2.79. The molecule has 0 heterocycles. The van der Waals surface area contributed by atoms with Crippen molar-refractivity contribution in [1.82, 2.24) is 0 Å². The van der Waals surface area contributed by atoms with Crippen LogP contribution in [0, 0.1) is 0 Å². The normalized spacial score (nSPS) is 12.9. The van der Waals surface area contributed by atoms with Crippen LogP contribution in [-0.4, -0.2) is 6.67 Å². The molecular formula is C13H19F. The second-order valence-corrected chi connectivity index (χ2v) is 3.79. The first-order chi connectivity index (χ1) is 6.72. The number of hydrogen-bond donors (Lipinski definition) is 0. The average molecular weight is 194 g/mol. The Hall–Kier alpha value is -0.850. The average Bonchev–Trinajstić information content (AvgIpc) is 2.26. The summed E-state index contributed by atoms with van der Waals surface area (Å²) in [6.07, 6.45) is 2.10. The number of benzene rings is 1. The van der Waals surface area contributed by atoms with E-state index in [4.69, 9.17) is 0 Å². The number of halogens is 1. The second-order valence-electron chi connectivity index (χ2n) is 3.79. The Bertz CT molecular complexity index is 291. The van der Waals surface area contributed by atoms with Crippen molar-refractivity contribution in [2.45, 2.75) is 39.5 Å². The first-order valence-electron chi connectivity index (χ1n) is 5.40. The summed E-state index contributed by atoms with van der Waals surface area (Å²) in [4.78, 5) is 0. The molecule has 1 aromatic carbocycles. The highest BCUT2D eigenvalue weighted by molar-refractivity contribution is 5.33. The lowest BCUT2D eigenvalue weighted by atomic mass is 9.95. The third-order valence-electron chi connectivity index (χ3n) is 2.79. The van der Waals surface area contributed by atoms with Gasteiger partial charge in [0.25, 0.3) is 0 Å². The predicted octanol–water partition coefficient (Wildman–Crippen LogP) is 3.88. The molecule has 0 saturated carbocycles. The minimum absolute atomic E-state index is 0.0335. The number of alkyl halides is 1. The molecule has 0 nitrogen and oxygen atoms in total. The van der Waals surface area contributed by atoms with Crippen molar-refractivity contribution in [1.29, 1.82) is 0 Å². The maximum atomic E-state index is 12.5. The van der Waals surface area contributed by atoms with Gasteiger partial charge in [-0.1, -0.05) is 39.0 Å². The summed E-state index contributed by atoms with van der Waals surface area (Å²) in [6, 6.07) is 6.35. The Kier molecular flexibility index (Phi) is 4.12. The van der Waals surface area contributed by atoms with Crippen molar-refractivity contribution in [3.05, 3.63) is 34.9 Å². The van der Waals surface area contributed by atoms with E-state index in [1.165, 1.54) is 11.1 Å². The molecule has 0 radical (unpaired) electrons. The standard InChI is InChI=1S/C13H19F/c1-4-11-6-7-13(10(3)9-14)8-12(11)5-2/h6-8,10H,4-5,9H2,1-3H3. The van der Waals surface area contributed by atoms with E-state index in [0.717, 1.165) is 18.4 Å². The van der Waals surface area contributed by atoms with Gasteiger partial charge in [0.05, 0.1) is 6.67 Å². The Morgan fingerprint density at radius 1 is 1.14 bits per heavy atom. The van der Waals surface area contributed by atoms with Gasteiger partial charge in [-0.15, -0.1) is 0 Å². The first kappa shape index (κ1) is 11.2. The molecule has 0 aromatic heterocycles. The van der Waals surface area contributed by atoms with E-state index in [1.54, 1.807) is 0 Å². The van der Waals surface area contributed by atoms with Crippen LogP contribution in [0.5, 0.6) is 0 Å². The predicted molar refractivity (Wildman–Crippen MR) is 59.6 cm³/mol. The summed E-state index contributed by atoms with van der Waals surface area (Å²) in [5, 5.41) is 0. The van der Waals surface area contributed by atoms with Gasteiger partial charge in [-0.05, 0) is 29.5 Å². The fourth-order valence-corrected chi connectivity index (χ4v) is 1.72. The minimum atomic E-state index is -0.269. The zero-order chi connectivity index (χ0) is 10.6. The maximum absolute atomic E-state index is 12.5. The van der Waals surface area contributed by atoms with Crippen molar-refractivity contribution >= 4 is 0 Å². The van der Waals surface area contributed by atoms with Crippen LogP contribution in [0.15, 0.2) is 18.2 Å². The van der Waals surface area contributed by atoms with Crippen LogP contribution in [0.25, 0.3) is 0 Å². The molecule has 1 heteroatoms. The third kappa shape index (κ3) is 2.34. The molecule has 78 valence electrons. The first-order valence-corrected chi connectivity index (χ1v) is 5.40. The number of rotatable bonds is 4. The zero-order valence-electron chi connectivity index (χ0n) is 9.31. The van der Waals surface area contributed by atoms with Crippen LogP contribution in [0.4, 0.5) is 4.39 Å². The molecular weight excluding hydrogens is 175 g/mol. The van der Waals surface area contributed by atoms with Gasteiger partial charge in [-0.25, -0.2) is 0 Å². The molecule has 0 aliphatic carbocycles. The van der Waals surface area contributed by atoms with Gasteiger partial charge in [0.2, 0.25) is 0 Å². The maximum Gasteiger partial charge on any atom is 0.0960 e. The second kappa shape index (κ2) is 5.14. The molecule has 14 heavy (non-hydrogen) atoms. The highest BCUT2D eigenvalue weighted by Gasteiger charge is 2.07. The zero-order valence-corrected chi connectivity index (χ0v) is 9.31. The molecule has 1 aromatic rings. The van der Waals surface area contributed by atoms with Crippen LogP contribution < -0.4 is 0 Å². The van der Waals surface area contributed by atoms with Crippen molar-refractivity contribution in [2.75, 3.05) is 6.67 Å². The lowest BCUT2D eigenvalue weighted by molar-refractivity contribution is 0.447. The van der Waals surface area contributed by atoms with Crippen LogP contribution in [0.2, 0.25) is 0 Å². The quantitative estimate of drug-likeness (QED) is 0.682. The summed E-state index contributed by atoms with van der Waals surface area (Å²) >= 11 is 0. The topological polar surface area (TPSA) is 0 Å². The van der Waals surface area contributed by atoms with E-state index >= 15 is 0 Å². The van der Waals surface area contributed by atoms with Gasteiger partial charge in [-0.3, -0.25) is 4.39 Å². The molecule has 0 saturated heterocycles. The van der Waals surface area contributed by atoms with Crippen LogP contribution in [0.1, 0.15) is 43.4 Å². The van der Waals surface area contributed by atoms with Gasteiger partial charge < -0.3 is 0 Å². The van der Waals surface area contributed by atoms with Crippen molar-refractivity contribution in [3.8, 4) is 0 Å². The molecule has 0 spiro atoms. The molecule has 1 unspecified atom stereocenters. The summed E-state index contributed by atoms with van der Waals surface area (Å²) < 4.78 is 12.5. The Labute approximate surface area is 86.2 Å². The summed E-state index contributed by atoms with van der Waals surface area (Å²) in [5.41, 5.74) is 3.88. The summed E-state index contributed by atoms with van der Waals surface area (Å²) in [6.45, 7) is 5.97. The highest BCUT2D eigenvalue weighted by Crippen LogP contribution is 2.20. The molecule has 1 rings (SSSR count). The van der Waals surface area contributed by atoms with Crippen molar-refractivity contribution < 1.29 is 4.39 Å². The SMILES string of the molecule is CCc1ccc(C(C)CF)cc1CC. The van der Waals surface area contributed by atoms with Gasteiger partial charge >= 0.3 is 0 Å². The number of hydrogen-bond acceptors (Lipinski definition) is 0. The molecule has 0 amide bonds. The Morgan fingerprint density at radius 2 is 1.79 bits per heavy atom. The summed E-state index contributed by atoms with van der Waals surface area (Å²) in [7, 11) is 0. The van der Waals surface area contributed by atoms with Crippen LogP contribution >= 0.6 is 0 Å². The molecule has 0 aliphatic rings. The van der Waals surface area contributed by atoms with E-state index in [9.17, 15) is 4.39 Å². The lowest BCUT2D eigenvalue weighted by Crippen LogP contribution is -1.99. The molecule has 0 aliphatic heterocycles. The Balaban J connectivity index is 3.01. The monoisotopic (exact) mass is 194 g/mol. The van der Waals surface area contributed by atoms with Gasteiger partial charge in [-0.2, -0.15) is 0 Å². The lowest BCUT2D eigenvalue weighted by Gasteiger charge is -2.12. The van der Waals surface area contributed by atoms with E-state index < -0.39 is 0 Å². The fourth-order valence-electron chi connectivity index (χ4n) is 1.72. The smallest absolute Gasteiger partial charge is 0.0960 e. The van der Waals surface area contributed by atoms with Gasteiger partial charge in [0.15, 0.2) is 0 Å². The van der Waals surface area contributed by atoms with E-state index in [2.05, 4.69) is 32.0 Å². The van der Waals surface area contributed by atoms with Crippen molar-refractivity contribution in [3.63, 3.8) is 0 Å². The van der Waals surface area contributed by atoms with Crippen molar-refractivity contribution in [2.24, 2.45) is 0 Å². The number of aryl methyl sites for hydroxylation is 2. The minimum Gasteiger partial charge on any atom is -0.250 e.